The number of anilines is 2. The van der Waals surface area contributed by atoms with E-state index in [9.17, 15) is 14.4 Å². The van der Waals surface area contributed by atoms with Crippen molar-refractivity contribution in [2.45, 2.75) is 34.1 Å². The summed E-state index contributed by atoms with van der Waals surface area (Å²) in [5.74, 6) is -0.153. The van der Waals surface area contributed by atoms with Gasteiger partial charge in [0.15, 0.2) is 0 Å². The van der Waals surface area contributed by atoms with Crippen molar-refractivity contribution >= 4 is 72.6 Å². The number of nitrogens with zero attached hydrogens (tertiary/aromatic N) is 1. The third kappa shape index (κ3) is 6.74. The fraction of sp³-hybridized carbons (Fsp3) is 0.300. The molecule has 210 valence electrons. The van der Waals surface area contributed by atoms with Crippen molar-refractivity contribution in [3.05, 3.63) is 79.0 Å². The number of halogens is 2. The molecular weight excluding hydrogens is 638 g/mol. The second-order valence-electron chi connectivity index (χ2n) is 9.67. The summed E-state index contributed by atoms with van der Waals surface area (Å²) in [7, 11) is 0. The van der Waals surface area contributed by atoms with Crippen LogP contribution in [0.3, 0.4) is 0 Å². The van der Waals surface area contributed by atoms with Crippen LogP contribution in [-0.2, 0) is 16.0 Å². The van der Waals surface area contributed by atoms with E-state index in [1.165, 1.54) is 0 Å². The number of H-pyrrole nitrogens is 1. The van der Waals surface area contributed by atoms with Gasteiger partial charge in [-0.3, -0.25) is 14.4 Å². The Morgan fingerprint density at radius 2 is 1.68 bits per heavy atom. The Labute approximate surface area is 251 Å². The standard InChI is InChI=1S/C22H27BrN4O2.C8H6BrNO/c1-5-27(6-2)10-9-24-22(29)20-13(3)19(25-14(20)4)12-17-16-11-15(23)7-8-18(16)26-21(17)28;9-6-1-2-7-5(3-6)4-8(11)10-7/h7-8,11-12,25H,5-6,9-10H2,1-4H3,(H,24,29)(H,26,28);1-3H,4H2,(H,10,11). The molecule has 4 N–H and O–H groups in total. The SMILES string of the molecule is CCN(CC)CCNC(=O)c1c(C)[nH]c(C=C2C(=O)Nc3ccc(Br)cc32)c1C.O=C1Cc2cc(Br)ccc2N1. The Morgan fingerprint density at radius 3 is 2.38 bits per heavy atom. The predicted molar refractivity (Wildman–Crippen MR) is 168 cm³/mol. The van der Waals surface area contributed by atoms with Crippen LogP contribution in [-0.4, -0.2) is 53.8 Å². The first-order valence-electron chi connectivity index (χ1n) is 13.2. The lowest BCUT2D eigenvalue weighted by Gasteiger charge is -2.18. The number of aromatic nitrogens is 1. The second-order valence-corrected chi connectivity index (χ2v) is 11.5. The molecule has 1 aromatic heterocycles. The van der Waals surface area contributed by atoms with Crippen molar-refractivity contribution in [3.63, 3.8) is 0 Å². The Morgan fingerprint density at radius 1 is 1.00 bits per heavy atom. The number of carbonyl (C=O) groups excluding carboxylic acids is 3. The minimum Gasteiger partial charge on any atom is -0.358 e. The molecule has 2 aromatic carbocycles. The number of amides is 3. The summed E-state index contributed by atoms with van der Waals surface area (Å²) < 4.78 is 1.93. The van der Waals surface area contributed by atoms with Crippen LogP contribution in [0.2, 0.25) is 0 Å². The van der Waals surface area contributed by atoms with Gasteiger partial charge in [0.05, 0.1) is 17.6 Å². The average molecular weight is 671 g/mol. The highest BCUT2D eigenvalue weighted by Crippen LogP contribution is 2.35. The topological polar surface area (TPSA) is 106 Å². The number of aryl methyl sites for hydroxylation is 1. The number of hydrogen-bond acceptors (Lipinski definition) is 4. The van der Waals surface area contributed by atoms with E-state index >= 15 is 0 Å². The van der Waals surface area contributed by atoms with Crippen LogP contribution < -0.4 is 16.0 Å². The third-order valence-corrected chi connectivity index (χ3v) is 8.04. The van der Waals surface area contributed by atoms with E-state index in [1.807, 2.05) is 56.3 Å². The summed E-state index contributed by atoms with van der Waals surface area (Å²) in [6.45, 7) is 11.4. The molecule has 0 aliphatic carbocycles. The van der Waals surface area contributed by atoms with Gasteiger partial charge >= 0.3 is 0 Å². The number of fused-ring (bicyclic) bond motifs is 2. The van der Waals surface area contributed by atoms with Crippen molar-refractivity contribution in [2.24, 2.45) is 0 Å². The maximum atomic E-state index is 12.7. The molecule has 0 bridgehead atoms. The van der Waals surface area contributed by atoms with Gasteiger partial charge in [0.2, 0.25) is 5.91 Å². The molecule has 0 saturated carbocycles. The van der Waals surface area contributed by atoms with Crippen LogP contribution in [0.15, 0.2) is 45.3 Å². The highest BCUT2D eigenvalue weighted by Gasteiger charge is 2.26. The van der Waals surface area contributed by atoms with Crippen LogP contribution in [0.5, 0.6) is 0 Å². The molecule has 40 heavy (non-hydrogen) atoms. The molecule has 0 saturated heterocycles. The maximum Gasteiger partial charge on any atom is 0.256 e. The first-order chi connectivity index (χ1) is 19.1. The number of benzene rings is 2. The van der Waals surface area contributed by atoms with Crippen molar-refractivity contribution in [1.82, 2.24) is 15.2 Å². The Bertz CT molecular complexity index is 1490. The molecule has 3 heterocycles. The number of likely N-dealkylation sites (N-methyl/N-ethyl adjacent to an activating group) is 1. The minimum absolute atomic E-state index is 0.0816. The maximum absolute atomic E-state index is 12.7. The van der Waals surface area contributed by atoms with E-state index in [0.717, 1.165) is 68.0 Å². The van der Waals surface area contributed by atoms with Gasteiger partial charge in [-0.05, 0) is 80.5 Å². The molecule has 3 aromatic rings. The Balaban J connectivity index is 0.000000278. The van der Waals surface area contributed by atoms with Crippen molar-refractivity contribution in [1.29, 1.82) is 0 Å². The van der Waals surface area contributed by atoms with Gasteiger partial charge in [-0.25, -0.2) is 0 Å². The van der Waals surface area contributed by atoms with Gasteiger partial charge in [-0.15, -0.1) is 0 Å². The lowest BCUT2D eigenvalue weighted by Crippen LogP contribution is -2.35. The van der Waals surface area contributed by atoms with Gasteiger partial charge in [0.25, 0.3) is 11.8 Å². The fourth-order valence-electron chi connectivity index (χ4n) is 4.86. The minimum atomic E-state index is -0.144. The van der Waals surface area contributed by atoms with E-state index < -0.39 is 0 Å². The summed E-state index contributed by atoms with van der Waals surface area (Å²) >= 11 is 6.81. The summed E-state index contributed by atoms with van der Waals surface area (Å²) in [6.07, 6.45) is 2.33. The molecule has 0 radical (unpaired) electrons. The molecule has 0 atom stereocenters. The first kappa shape index (κ1) is 29.8. The number of nitrogens with one attached hydrogen (secondary N) is 4. The summed E-state index contributed by atoms with van der Waals surface area (Å²) in [6, 6.07) is 11.5. The van der Waals surface area contributed by atoms with Crippen molar-refractivity contribution < 1.29 is 14.4 Å². The van der Waals surface area contributed by atoms with Crippen LogP contribution in [0.4, 0.5) is 11.4 Å². The molecule has 2 aliphatic rings. The normalized spacial score (nSPS) is 14.4. The zero-order chi connectivity index (χ0) is 29.0. The molecule has 8 nitrogen and oxygen atoms in total. The van der Waals surface area contributed by atoms with E-state index in [0.29, 0.717) is 24.1 Å². The molecule has 5 rings (SSSR count). The highest BCUT2D eigenvalue weighted by molar-refractivity contribution is 9.10. The molecule has 0 unspecified atom stereocenters. The predicted octanol–water partition coefficient (Wildman–Crippen LogP) is 5.90. The van der Waals surface area contributed by atoms with E-state index in [-0.39, 0.29) is 17.7 Å². The molecule has 10 heteroatoms. The van der Waals surface area contributed by atoms with Crippen molar-refractivity contribution in [3.8, 4) is 0 Å². The lowest BCUT2D eigenvalue weighted by molar-refractivity contribution is -0.115. The van der Waals surface area contributed by atoms with Crippen LogP contribution in [0, 0.1) is 13.8 Å². The zero-order valence-corrected chi connectivity index (χ0v) is 26.2. The van der Waals surface area contributed by atoms with E-state index in [1.54, 1.807) is 0 Å². The molecular formula is C30H33Br2N5O3. The van der Waals surface area contributed by atoms with Gasteiger partial charge in [-0.1, -0.05) is 45.7 Å². The van der Waals surface area contributed by atoms with Gasteiger partial charge in [0.1, 0.15) is 0 Å². The average Bonchev–Trinajstić information content (AvgIpc) is 3.53. The molecule has 2 aliphatic heterocycles. The van der Waals surface area contributed by atoms with Gasteiger partial charge < -0.3 is 25.8 Å². The monoisotopic (exact) mass is 669 g/mol. The smallest absolute Gasteiger partial charge is 0.256 e. The summed E-state index contributed by atoms with van der Waals surface area (Å²) in [5.41, 5.74) is 7.29. The van der Waals surface area contributed by atoms with Crippen molar-refractivity contribution in [2.75, 3.05) is 36.8 Å². The molecule has 3 amide bonds. The lowest BCUT2D eigenvalue weighted by atomic mass is 10.0. The quantitative estimate of drug-likeness (QED) is 0.235. The number of rotatable bonds is 7. The summed E-state index contributed by atoms with van der Waals surface area (Å²) in [4.78, 5) is 41.6. The summed E-state index contributed by atoms with van der Waals surface area (Å²) in [5, 5.41) is 8.66. The second kappa shape index (κ2) is 13.0. The highest BCUT2D eigenvalue weighted by atomic mass is 79.9. The van der Waals surface area contributed by atoms with E-state index in [4.69, 9.17) is 0 Å². The van der Waals surface area contributed by atoms with Gasteiger partial charge in [0, 0.05) is 50.4 Å². The van der Waals surface area contributed by atoms with E-state index in [2.05, 4.69) is 71.5 Å². The zero-order valence-electron chi connectivity index (χ0n) is 23.0. The number of aromatic amines is 1. The van der Waals surface area contributed by atoms with Crippen LogP contribution >= 0.6 is 31.9 Å². The Kier molecular flexibility index (Phi) is 9.65. The fourth-order valence-corrected chi connectivity index (χ4v) is 5.63. The number of hydrogen-bond donors (Lipinski definition) is 4. The molecule has 0 fully saturated rings. The largest absolute Gasteiger partial charge is 0.358 e. The third-order valence-electron chi connectivity index (χ3n) is 7.06. The van der Waals surface area contributed by atoms with Crippen LogP contribution in [0.1, 0.15) is 52.3 Å². The first-order valence-corrected chi connectivity index (χ1v) is 14.8. The number of carbonyl (C=O) groups is 3. The van der Waals surface area contributed by atoms with Crippen LogP contribution in [0.25, 0.3) is 11.6 Å². The Hall–Kier alpha value is -3.21. The molecule has 0 spiro atoms. The van der Waals surface area contributed by atoms with Gasteiger partial charge in [-0.2, -0.15) is 0 Å².